The molecule has 1 aromatic rings. The van der Waals surface area contributed by atoms with Gasteiger partial charge in [0.15, 0.2) is 0 Å². The van der Waals surface area contributed by atoms with Crippen LogP contribution in [-0.4, -0.2) is 12.6 Å². The zero-order valence-electron chi connectivity index (χ0n) is 7.55. The number of hydrogen-bond donors (Lipinski definition) is 1. The van der Waals surface area contributed by atoms with E-state index in [4.69, 9.17) is 11.6 Å². The Kier molecular flexibility index (Phi) is 3.25. The van der Waals surface area contributed by atoms with Gasteiger partial charge in [-0.1, -0.05) is 18.0 Å². The van der Waals surface area contributed by atoms with Crippen molar-refractivity contribution in [2.75, 3.05) is 6.54 Å². The highest BCUT2D eigenvalue weighted by Crippen LogP contribution is 2.25. The number of hydrogen-bond acceptors (Lipinski definition) is 2. The SMILES string of the molecule is Clc1ccsc1CC1CCCCN1. The molecular formula is C10H14ClNS. The molecule has 1 atom stereocenters. The maximum Gasteiger partial charge on any atom is 0.0545 e. The second-order valence-corrected chi connectivity index (χ2v) is 4.95. The number of halogens is 1. The smallest absolute Gasteiger partial charge is 0.0545 e. The third-order valence-corrected chi connectivity index (χ3v) is 3.94. The maximum atomic E-state index is 6.04. The van der Waals surface area contributed by atoms with Crippen LogP contribution in [0.15, 0.2) is 11.4 Å². The maximum absolute atomic E-state index is 6.04. The lowest BCUT2D eigenvalue weighted by Gasteiger charge is -2.22. The molecule has 0 spiro atoms. The molecule has 0 saturated carbocycles. The van der Waals surface area contributed by atoms with Gasteiger partial charge in [-0.05, 0) is 37.3 Å². The molecule has 1 aliphatic heterocycles. The van der Waals surface area contributed by atoms with Gasteiger partial charge in [0, 0.05) is 10.9 Å². The first-order valence-corrected chi connectivity index (χ1v) is 6.07. The summed E-state index contributed by atoms with van der Waals surface area (Å²) in [5, 5.41) is 6.54. The molecule has 0 radical (unpaired) electrons. The Morgan fingerprint density at radius 2 is 2.46 bits per heavy atom. The standard InChI is InChI=1S/C10H14ClNS/c11-9-4-6-13-10(9)7-8-3-1-2-5-12-8/h4,6,8,12H,1-3,5,7H2. The van der Waals surface area contributed by atoms with Crippen LogP contribution in [0.25, 0.3) is 0 Å². The minimum absolute atomic E-state index is 0.657. The van der Waals surface area contributed by atoms with Crippen molar-refractivity contribution in [2.24, 2.45) is 0 Å². The minimum Gasteiger partial charge on any atom is -0.314 e. The van der Waals surface area contributed by atoms with Crippen LogP contribution < -0.4 is 5.32 Å². The fourth-order valence-corrected chi connectivity index (χ4v) is 2.99. The average Bonchev–Trinajstić information content (AvgIpc) is 2.54. The van der Waals surface area contributed by atoms with E-state index in [2.05, 4.69) is 10.7 Å². The highest BCUT2D eigenvalue weighted by atomic mass is 35.5. The van der Waals surface area contributed by atoms with E-state index in [-0.39, 0.29) is 0 Å². The molecule has 1 aliphatic rings. The van der Waals surface area contributed by atoms with Gasteiger partial charge in [0.1, 0.15) is 0 Å². The molecular weight excluding hydrogens is 202 g/mol. The molecule has 2 heterocycles. The van der Waals surface area contributed by atoms with Crippen LogP contribution in [0, 0.1) is 0 Å². The van der Waals surface area contributed by atoms with Crippen LogP contribution in [0.5, 0.6) is 0 Å². The van der Waals surface area contributed by atoms with Crippen LogP contribution in [-0.2, 0) is 6.42 Å². The van der Waals surface area contributed by atoms with E-state index in [0.29, 0.717) is 6.04 Å². The average molecular weight is 216 g/mol. The second-order valence-electron chi connectivity index (χ2n) is 3.54. The van der Waals surface area contributed by atoms with Gasteiger partial charge >= 0.3 is 0 Å². The molecule has 1 unspecified atom stereocenters. The van der Waals surface area contributed by atoms with E-state index >= 15 is 0 Å². The van der Waals surface area contributed by atoms with Gasteiger partial charge in [0.25, 0.3) is 0 Å². The molecule has 1 fully saturated rings. The summed E-state index contributed by atoms with van der Waals surface area (Å²) in [4.78, 5) is 1.33. The van der Waals surface area contributed by atoms with Crippen molar-refractivity contribution >= 4 is 22.9 Å². The predicted molar refractivity (Wildman–Crippen MR) is 58.7 cm³/mol. The van der Waals surface area contributed by atoms with Crippen molar-refractivity contribution in [3.8, 4) is 0 Å². The first kappa shape index (κ1) is 9.50. The lowest BCUT2D eigenvalue weighted by atomic mass is 10.0. The van der Waals surface area contributed by atoms with Crippen molar-refractivity contribution in [3.05, 3.63) is 21.3 Å². The van der Waals surface area contributed by atoms with E-state index in [1.165, 1.54) is 30.7 Å². The van der Waals surface area contributed by atoms with Crippen LogP contribution in [0.4, 0.5) is 0 Å². The zero-order chi connectivity index (χ0) is 9.10. The zero-order valence-corrected chi connectivity index (χ0v) is 9.13. The van der Waals surface area contributed by atoms with Crippen molar-refractivity contribution in [1.29, 1.82) is 0 Å². The summed E-state index contributed by atoms with van der Waals surface area (Å²) in [6.45, 7) is 1.17. The quantitative estimate of drug-likeness (QED) is 0.800. The molecule has 1 N–H and O–H groups in total. The molecule has 72 valence electrons. The van der Waals surface area contributed by atoms with Gasteiger partial charge in [-0.2, -0.15) is 0 Å². The van der Waals surface area contributed by atoms with Crippen LogP contribution in [0.3, 0.4) is 0 Å². The second kappa shape index (κ2) is 4.45. The van der Waals surface area contributed by atoms with Gasteiger partial charge in [-0.3, -0.25) is 0 Å². The first-order chi connectivity index (χ1) is 6.36. The van der Waals surface area contributed by atoms with E-state index in [0.717, 1.165) is 11.4 Å². The normalized spacial score (nSPS) is 23.3. The molecule has 1 nitrogen and oxygen atoms in total. The van der Waals surface area contributed by atoms with E-state index in [1.54, 1.807) is 11.3 Å². The van der Waals surface area contributed by atoms with Crippen molar-refractivity contribution < 1.29 is 0 Å². The molecule has 2 rings (SSSR count). The summed E-state index contributed by atoms with van der Waals surface area (Å²) >= 11 is 7.81. The van der Waals surface area contributed by atoms with Crippen molar-refractivity contribution in [1.82, 2.24) is 5.32 Å². The lowest BCUT2D eigenvalue weighted by molar-refractivity contribution is 0.401. The number of piperidine rings is 1. The van der Waals surface area contributed by atoms with Crippen molar-refractivity contribution in [3.63, 3.8) is 0 Å². The number of rotatable bonds is 2. The van der Waals surface area contributed by atoms with E-state index in [1.807, 2.05) is 6.07 Å². The summed E-state index contributed by atoms with van der Waals surface area (Å²) in [5.74, 6) is 0. The van der Waals surface area contributed by atoms with Crippen LogP contribution in [0.1, 0.15) is 24.1 Å². The van der Waals surface area contributed by atoms with Gasteiger partial charge in [-0.25, -0.2) is 0 Å². The number of nitrogens with one attached hydrogen (secondary N) is 1. The molecule has 3 heteroatoms. The molecule has 13 heavy (non-hydrogen) atoms. The highest BCUT2D eigenvalue weighted by Gasteiger charge is 2.14. The summed E-state index contributed by atoms with van der Waals surface area (Å²) in [7, 11) is 0. The molecule has 0 aliphatic carbocycles. The summed E-state index contributed by atoms with van der Waals surface area (Å²) < 4.78 is 0. The first-order valence-electron chi connectivity index (χ1n) is 4.81. The van der Waals surface area contributed by atoms with Crippen LogP contribution >= 0.6 is 22.9 Å². The Bertz CT molecular complexity index is 266. The molecule has 1 saturated heterocycles. The molecule has 0 aromatic carbocycles. The fraction of sp³-hybridized carbons (Fsp3) is 0.600. The molecule has 0 bridgehead atoms. The largest absolute Gasteiger partial charge is 0.314 e. The predicted octanol–water partition coefficient (Wildman–Crippen LogP) is 3.09. The van der Waals surface area contributed by atoms with Gasteiger partial charge in [0.05, 0.1) is 5.02 Å². The Morgan fingerprint density at radius 3 is 3.08 bits per heavy atom. The van der Waals surface area contributed by atoms with Crippen molar-refractivity contribution in [2.45, 2.75) is 31.7 Å². The highest BCUT2D eigenvalue weighted by molar-refractivity contribution is 7.10. The number of thiophene rings is 1. The van der Waals surface area contributed by atoms with Gasteiger partial charge < -0.3 is 5.32 Å². The third-order valence-electron chi connectivity index (χ3n) is 2.54. The molecule has 1 aromatic heterocycles. The van der Waals surface area contributed by atoms with E-state index < -0.39 is 0 Å². The lowest BCUT2D eigenvalue weighted by Crippen LogP contribution is -2.35. The van der Waals surface area contributed by atoms with Crippen LogP contribution in [0.2, 0.25) is 5.02 Å². The fourth-order valence-electron chi connectivity index (χ4n) is 1.79. The summed E-state index contributed by atoms with van der Waals surface area (Å²) in [5.41, 5.74) is 0. The molecule has 0 amide bonds. The topological polar surface area (TPSA) is 12.0 Å². The Morgan fingerprint density at radius 1 is 1.54 bits per heavy atom. The summed E-state index contributed by atoms with van der Waals surface area (Å²) in [6.07, 6.45) is 5.10. The van der Waals surface area contributed by atoms with Gasteiger partial charge in [0.2, 0.25) is 0 Å². The Labute approximate surface area is 88.1 Å². The summed E-state index contributed by atoms with van der Waals surface area (Å²) in [6, 6.07) is 2.65. The Hall–Kier alpha value is -0.0500. The van der Waals surface area contributed by atoms with E-state index in [9.17, 15) is 0 Å². The minimum atomic E-state index is 0.657. The third kappa shape index (κ3) is 2.46. The Balaban J connectivity index is 1.93. The monoisotopic (exact) mass is 215 g/mol. The van der Waals surface area contributed by atoms with Gasteiger partial charge in [-0.15, -0.1) is 11.3 Å².